The molecule has 1 unspecified atom stereocenters. The highest BCUT2D eigenvalue weighted by molar-refractivity contribution is 5.81. The number of nitrogens with zero attached hydrogens (tertiary/aromatic N) is 1. The second kappa shape index (κ2) is 5.73. The Morgan fingerprint density at radius 1 is 1.47 bits per heavy atom. The van der Waals surface area contributed by atoms with Crippen LogP contribution in [0.4, 0.5) is 4.79 Å². The fraction of sp³-hybridized carbons (Fsp3) is 0.818. The van der Waals surface area contributed by atoms with Crippen molar-refractivity contribution in [3.63, 3.8) is 0 Å². The Morgan fingerprint density at radius 3 is 2.67 bits per heavy atom. The van der Waals surface area contributed by atoms with Crippen molar-refractivity contribution >= 4 is 11.8 Å². The molecule has 1 N–H and O–H groups in total. The van der Waals surface area contributed by atoms with E-state index >= 15 is 0 Å². The van der Waals surface area contributed by atoms with Crippen LogP contribution < -0.4 is 5.32 Å². The fourth-order valence-electron chi connectivity index (χ4n) is 1.92. The summed E-state index contributed by atoms with van der Waals surface area (Å²) in [6, 6.07) is 0.0130. The molecule has 0 saturated heterocycles. The van der Waals surface area contributed by atoms with Gasteiger partial charge in [-0.05, 0) is 26.7 Å². The number of hydrogen-bond donors (Lipinski definition) is 1. The first-order valence-electron chi connectivity index (χ1n) is 5.74. The van der Waals surface area contributed by atoms with Crippen molar-refractivity contribution in [2.45, 2.75) is 45.6 Å². The molecule has 1 fully saturated rings. The van der Waals surface area contributed by atoms with Gasteiger partial charge in [-0.3, -0.25) is 4.79 Å². The van der Waals surface area contributed by atoms with Crippen LogP contribution in [0.5, 0.6) is 0 Å². The first-order valence-corrected chi connectivity index (χ1v) is 5.74. The molecule has 0 aromatic rings. The SMILES string of the molecule is CCN(CC)C(=O)NC1CCCC(=O)C1. The molecule has 1 aliphatic carbocycles. The molecule has 15 heavy (non-hydrogen) atoms. The molecule has 1 saturated carbocycles. The van der Waals surface area contributed by atoms with Crippen molar-refractivity contribution in [3.8, 4) is 0 Å². The number of nitrogens with one attached hydrogen (secondary N) is 1. The minimum absolute atomic E-state index is 0.0419. The minimum atomic E-state index is -0.0419. The Labute approximate surface area is 91.0 Å². The van der Waals surface area contributed by atoms with Crippen LogP contribution in [0.25, 0.3) is 0 Å². The van der Waals surface area contributed by atoms with Crippen LogP contribution in [0.1, 0.15) is 39.5 Å². The maximum absolute atomic E-state index is 11.7. The summed E-state index contributed by atoms with van der Waals surface area (Å²) in [5.74, 6) is 0.270. The lowest BCUT2D eigenvalue weighted by Crippen LogP contribution is -2.46. The predicted octanol–water partition coefficient (Wildman–Crippen LogP) is 1.55. The molecule has 0 bridgehead atoms. The molecule has 0 radical (unpaired) electrons. The van der Waals surface area contributed by atoms with E-state index in [9.17, 15) is 9.59 Å². The van der Waals surface area contributed by atoms with Gasteiger partial charge >= 0.3 is 6.03 Å². The number of carbonyl (C=O) groups is 2. The smallest absolute Gasteiger partial charge is 0.317 e. The number of ketones is 1. The molecule has 4 heteroatoms. The molecular weight excluding hydrogens is 192 g/mol. The summed E-state index contributed by atoms with van der Waals surface area (Å²) < 4.78 is 0. The highest BCUT2D eigenvalue weighted by Gasteiger charge is 2.22. The molecule has 0 heterocycles. The summed E-state index contributed by atoms with van der Waals surface area (Å²) >= 11 is 0. The van der Waals surface area contributed by atoms with E-state index in [1.165, 1.54) is 0 Å². The monoisotopic (exact) mass is 212 g/mol. The highest BCUT2D eigenvalue weighted by Crippen LogP contribution is 2.14. The molecule has 86 valence electrons. The van der Waals surface area contributed by atoms with E-state index < -0.39 is 0 Å². The van der Waals surface area contributed by atoms with Gasteiger partial charge in [-0.25, -0.2) is 4.79 Å². The van der Waals surface area contributed by atoms with Crippen molar-refractivity contribution in [1.82, 2.24) is 10.2 Å². The van der Waals surface area contributed by atoms with E-state index in [0.29, 0.717) is 25.9 Å². The van der Waals surface area contributed by atoms with Crippen molar-refractivity contribution < 1.29 is 9.59 Å². The summed E-state index contributed by atoms with van der Waals surface area (Å²) in [4.78, 5) is 24.6. The molecular formula is C11H20N2O2. The van der Waals surface area contributed by atoms with E-state index in [-0.39, 0.29) is 17.9 Å². The molecule has 4 nitrogen and oxygen atoms in total. The van der Waals surface area contributed by atoms with Crippen LogP contribution in [0.15, 0.2) is 0 Å². The van der Waals surface area contributed by atoms with Crippen LogP contribution in [0.2, 0.25) is 0 Å². The number of amides is 2. The lowest BCUT2D eigenvalue weighted by Gasteiger charge is -2.26. The number of urea groups is 1. The van der Waals surface area contributed by atoms with Crippen LogP contribution in [-0.4, -0.2) is 35.8 Å². The zero-order valence-electron chi connectivity index (χ0n) is 9.58. The first-order chi connectivity index (χ1) is 7.17. The molecule has 0 aromatic heterocycles. The third kappa shape index (κ3) is 3.53. The van der Waals surface area contributed by atoms with E-state index in [1.54, 1.807) is 4.90 Å². The molecule has 0 spiro atoms. The normalized spacial score (nSPS) is 21.2. The van der Waals surface area contributed by atoms with Crippen molar-refractivity contribution in [1.29, 1.82) is 0 Å². The molecule has 1 rings (SSSR count). The molecule has 1 atom stereocenters. The number of carbonyl (C=O) groups excluding carboxylic acids is 2. The third-order valence-corrected chi connectivity index (χ3v) is 2.86. The maximum Gasteiger partial charge on any atom is 0.317 e. The van der Waals surface area contributed by atoms with Gasteiger partial charge < -0.3 is 10.2 Å². The predicted molar refractivity (Wildman–Crippen MR) is 58.7 cm³/mol. The Hall–Kier alpha value is -1.06. The second-order valence-electron chi connectivity index (χ2n) is 3.95. The minimum Gasteiger partial charge on any atom is -0.335 e. The molecule has 1 aliphatic rings. The third-order valence-electron chi connectivity index (χ3n) is 2.86. The average molecular weight is 212 g/mol. The van der Waals surface area contributed by atoms with Gasteiger partial charge in [0.2, 0.25) is 0 Å². The molecule has 0 aromatic carbocycles. The van der Waals surface area contributed by atoms with Gasteiger partial charge in [0.1, 0.15) is 5.78 Å². The largest absolute Gasteiger partial charge is 0.335 e. The highest BCUT2D eigenvalue weighted by atomic mass is 16.2. The average Bonchev–Trinajstić information content (AvgIpc) is 2.19. The van der Waals surface area contributed by atoms with Gasteiger partial charge in [-0.1, -0.05) is 0 Å². The number of rotatable bonds is 3. The zero-order chi connectivity index (χ0) is 11.3. The van der Waals surface area contributed by atoms with Gasteiger partial charge in [0.15, 0.2) is 0 Å². The summed E-state index contributed by atoms with van der Waals surface area (Å²) in [6.45, 7) is 5.33. The van der Waals surface area contributed by atoms with Gasteiger partial charge in [-0.2, -0.15) is 0 Å². The fourth-order valence-corrected chi connectivity index (χ4v) is 1.92. The lowest BCUT2D eigenvalue weighted by molar-refractivity contribution is -0.120. The van der Waals surface area contributed by atoms with E-state index in [2.05, 4.69) is 5.32 Å². The second-order valence-corrected chi connectivity index (χ2v) is 3.95. The summed E-state index contributed by atoms with van der Waals surface area (Å²) in [7, 11) is 0. The Morgan fingerprint density at radius 2 is 2.13 bits per heavy atom. The summed E-state index contributed by atoms with van der Waals surface area (Å²) in [5.41, 5.74) is 0. The van der Waals surface area contributed by atoms with Crippen LogP contribution >= 0.6 is 0 Å². The van der Waals surface area contributed by atoms with E-state index in [0.717, 1.165) is 12.8 Å². The Kier molecular flexibility index (Phi) is 4.59. The van der Waals surface area contributed by atoms with Crippen molar-refractivity contribution in [2.24, 2.45) is 0 Å². The quantitative estimate of drug-likeness (QED) is 0.771. The molecule has 0 aliphatic heterocycles. The van der Waals surface area contributed by atoms with Crippen LogP contribution in [0, 0.1) is 0 Å². The Bertz CT molecular complexity index is 237. The van der Waals surface area contributed by atoms with Gasteiger partial charge in [-0.15, -0.1) is 0 Å². The van der Waals surface area contributed by atoms with Gasteiger partial charge in [0, 0.05) is 32.0 Å². The number of Topliss-reactive ketones (excluding diaryl/α,β-unsaturated/α-hetero) is 1. The topological polar surface area (TPSA) is 49.4 Å². The Balaban J connectivity index is 2.39. The standard InChI is InChI=1S/C11H20N2O2/c1-3-13(4-2)11(15)12-9-6-5-7-10(14)8-9/h9H,3-8H2,1-2H3,(H,12,15). The van der Waals surface area contributed by atoms with Gasteiger partial charge in [0.05, 0.1) is 0 Å². The maximum atomic E-state index is 11.7. The first kappa shape index (κ1) is 12.0. The van der Waals surface area contributed by atoms with Gasteiger partial charge in [0.25, 0.3) is 0 Å². The summed E-state index contributed by atoms with van der Waals surface area (Å²) in [5, 5.41) is 2.92. The molecule has 2 amide bonds. The lowest BCUT2D eigenvalue weighted by atomic mass is 9.94. The zero-order valence-corrected chi connectivity index (χ0v) is 9.58. The van der Waals surface area contributed by atoms with E-state index in [4.69, 9.17) is 0 Å². The number of hydrogen-bond acceptors (Lipinski definition) is 2. The van der Waals surface area contributed by atoms with E-state index in [1.807, 2.05) is 13.8 Å². The van der Waals surface area contributed by atoms with Crippen molar-refractivity contribution in [2.75, 3.05) is 13.1 Å². The van der Waals surface area contributed by atoms with Crippen molar-refractivity contribution in [3.05, 3.63) is 0 Å². The van der Waals surface area contributed by atoms with Crippen LogP contribution in [0.3, 0.4) is 0 Å². The summed E-state index contributed by atoms with van der Waals surface area (Å²) in [6.07, 6.45) is 3.02. The van der Waals surface area contributed by atoms with Crippen LogP contribution in [-0.2, 0) is 4.79 Å².